The highest BCUT2D eigenvalue weighted by molar-refractivity contribution is 7.80. The number of rotatable bonds is 6. The first kappa shape index (κ1) is 14.2. The van der Waals surface area contributed by atoms with Gasteiger partial charge in [-0.05, 0) is 12.5 Å². The van der Waals surface area contributed by atoms with Crippen LogP contribution in [0.4, 0.5) is 0 Å². The largest absolute Gasteiger partial charge is 0.393 e. The molecule has 0 aliphatic rings. The van der Waals surface area contributed by atoms with Crippen LogP contribution in [0.3, 0.4) is 0 Å². The summed E-state index contributed by atoms with van der Waals surface area (Å²) in [5, 5.41) is 0.605. The molecule has 0 fully saturated rings. The highest BCUT2D eigenvalue weighted by atomic mass is 35.5. The maximum Gasteiger partial charge on any atom is 0.160 e. The fourth-order valence-electron chi connectivity index (χ4n) is 2.02. The van der Waals surface area contributed by atoms with E-state index in [2.05, 4.69) is 21.5 Å². The average Bonchev–Trinajstić information content (AvgIpc) is 2.70. The Balaban J connectivity index is 2.39. The van der Waals surface area contributed by atoms with Crippen LogP contribution in [0.1, 0.15) is 32.0 Å². The molecule has 4 nitrogen and oxygen atoms in total. The number of nitrogens with two attached hydrogens (primary N) is 1. The van der Waals surface area contributed by atoms with E-state index in [4.69, 9.17) is 29.6 Å². The standard InChI is InChI=1S/C13H17ClN4S/c1-2-3-4-12-17-10-7-9(14)8-16-13(10)18(12)6-5-11(15)19/h7-8H,2-6H2,1H3,(H2,15,19). The Morgan fingerprint density at radius 1 is 1.53 bits per heavy atom. The third-order valence-electron chi connectivity index (χ3n) is 2.97. The van der Waals surface area contributed by atoms with Gasteiger partial charge in [0.15, 0.2) is 5.65 Å². The van der Waals surface area contributed by atoms with Crippen LogP contribution < -0.4 is 5.73 Å². The normalized spacial score (nSPS) is 11.1. The Labute approximate surface area is 123 Å². The summed E-state index contributed by atoms with van der Waals surface area (Å²) in [6, 6.07) is 1.84. The number of imidazole rings is 1. The number of aromatic nitrogens is 3. The Morgan fingerprint density at radius 2 is 2.32 bits per heavy atom. The molecule has 19 heavy (non-hydrogen) atoms. The lowest BCUT2D eigenvalue weighted by Crippen LogP contribution is -2.13. The zero-order chi connectivity index (χ0) is 13.8. The van der Waals surface area contributed by atoms with Gasteiger partial charge in [-0.25, -0.2) is 9.97 Å². The minimum absolute atomic E-state index is 0.511. The quantitative estimate of drug-likeness (QED) is 0.832. The lowest BCUT2D eigenvalue weighted by molar-refractivity contribution is 0.655. The number of hydrogen-bond donors (Lipinski definition) is 1. The number of aryl methyl sites for hydroxylation is 2. The second-order valence-corrected chi connectivity index (χ2v) is 5.46. The molecule has 2 heterocycles. The minimum atomic E-state index is 0.511. The zero-order valence-electron chi connectivity index (χ0n) is 10.9. The van der Waals surface area contributed by atoms with E-state index < -0.39 is 0 Å². The van der Waals surface area contributed by atoms with Gasteiger partial charge in [0.1, 0.15) is 11.3 Å². The smallest absolute Gasteiger partial charge is 0.160 e. The summed E-state index contributed by atoms with van der Waals surface area (Å²) in [5.74, 6) is 1.03. The van der Waals surface area contributed by atoms with Gasteiger partial charge in [0.2, 0.25) is 0 Å². The van der Waals surface area contributed by atoms with Crippen LogP contribution in [0.5, 0.6) is 0 Å². The van der Waals surface area contributed by atoms with Crippen molar-refractivity contribution in [3.05, 3.63) is 23.1 Å². The highest BCUT2D eigenvalue weighted by Crippen LogP contribution is 2.19. The van der Waals surface area contributed by atoms with Gasteiger partial charge in [-0.2, -0.15) is 0 Å². The second kappa shape index (κ2) is 6.30. The van der Waals surface area contributed by atoms with Crippen LogP contribution in [-0.2, 0) is 13.0 Å². The maximum atomic E-state index is 5.96. The van der Waals surface area contributed by atoms with Gasteiger partial charge in [-0.1, -0.05) is 37.2 Å². The van der Waals surface area contributed by atoms with Crippen molar-refractivity contribution in [3.63, 3.8) is 0 Å². The van der Waals surface area contributed by atoms with Crippen molar-refractivity contribution in [1.29, 1.82) is 0 Å². The molecule has 0 atom stereocenters. The first-order chi connectivity index (χ1) is 9.11. The Hall–Kier alpha value is -1.20. The van der Waals surface area contributed by atoms with E-state index in [1.165, 1.54) is 0 Å². The number of nitrogens with zero attached hydrogens (tertiary/aromatic N) is 3. The molecule has 102 valence electrons. The molecule has 0 saturated carbocycles. The van der Waals surface area contributed by atoms with Crippen LogP contribution >= 0.6 is 23.8 Å². The molecule has 0 bridgehead atoms. The van der Waals surface area contributed by atoms with E-state index in [0.29, 0.717) is 16.4 Å². The van der Waals surface area contributed by atoms with Crippen molar-refractivity contribution in [2.24, 2.45) is 5.73 Å². The molecule has 0 radical (unpaired) electrons. The molecule has 0 aliphatic carbocycles. The Morgan fingerprint density at radius 3 is 3.00 bits per heavy atom. The van der Waals surface area contributed by atoms with Gasteiger partial charge >= 0.3 is 0 Å². The van der Waals surface area contributed by atoms with Crippen molar-refractivity contribution >= 4 is 40.0 Å². The molecule has 0 amide bonds. The summed E-state index contributed by atoms with van der Waals surface area (Å²) in [4.78, 5) is 9.50. The fraction of sp³-hybridized carbons (Fsp3) is 0.462. The van der Waals surface area contributed by atoms with Gasteiger partial charge in [-0.3, -0.25) is 0 Å². The molecule has 2 aromatic heterocycles. The molecule has 0 aromatic carbocycles. The van der Waals surface area contributed by atoms with Crippen molar-refractivity contribution < 1.29 is 0 Å². The van der Waals surface area contributed by atoms with E-state index in [1.54, 1.807) is 6.20 Å². The van der Waals surface area contributed by atoms with E-state index >= 15 is 0 Å². The number of fused-ring (bicyclic) bond motifs is 1. The van der Waals surface area contributed by atoms with E-state index in [-0.39, 0.29) is 0 Å². The third-order valence-corrected chi connectivity index (χ3v) is 3.38. The van der Waals surface area contributed by atoms with Crippen molar-refractivity contribution in [3.8, 4) is 0 Å². The number of thiocarbonyl (C=S) groups is 1. The first-order valence-corrected chi connectivity index (χ1v) is 7.19. The van der Waals surface area contributed by atoms with E-state index in [1.807, 2.05) is 6.07 Å². The third kappa shape index (κ3) is 3.42. The molecule has 0 aliphatic heterocycles. The summed E-state index contributed by atoms with van der Waals surface area (Å²) >= 11 is 10.9. The molecule has 2 N–H and O–H groups in total. The minimum Gasteiger partial charge on any atom is -0.393 e. The topological polar surface area (TPSA) is 56.7 Å². The van der Waals surface area contributed by atoms with Crippen molar-refractivity contribution in [2.45, 2.75) is 39.2 Å². The van der Waals surface area contributed by atoms with Crippen LogP contribution in [0, 0.1) is 0 Å². The lowest BCUT2D eigenvalue weighted by Gasteiger charge is -2.07. The monoisotopic (exact) mass is 296 g/mol. The SMILES string of the molecule is CCCCc1nc2cc(Cl)cnc2n1CCC(N)=S. The molecular weight excluding hydrogens is 280 g/mol. The van der Waals surface area contributed by atoms with Gasteiger partial charge < -0.3 is 10.3 Å². The summed E-state index contributed by atoms with van der Waals surface area (Å²) in [5.41, 5.74) is 7.27. The van der Waals surface area contributed by atoms with Crippen LogP contribution in [0.25, 0.3) is 11.2 Å². The average molecular weight is 297 g/mol. The lowest BCUT2D eigenvalue weighted by atomic mass is 10.2. The number of unbranched alkanes of at least 4 members (excludes halogenated alkanes) is 1. The van der Waals surface area contributed by atoms with Gasteiger partial charge in [0, 0.05) is 25.6 Å². The van der Waals surface area contributed by atoms with Crippen LogP contribution in [0.15, 0.2) is 12.3 Å². The molecule has 2 aromatic rings. The van der Waals surface area contributed by atoms with Gasteiger partial charge in [0.25, 0.3) is 0 Å². The number of halogens is 1. The number of pyridine rings is 1. The number of hydrogen-bond acceptors (Lipinski definition) is 3. The predicted octanol–water partition coefficient (Wildman–Crippen LogP) is 3.10. The van der Waals surface area contributed by atoms with E-state index in [9.17, 15) is 0 Å². The van der Waals surface area contributed by atoms with Crippen LogP contribution in [-0.4, -0.2) is 19.5 Å². The van der Waals surface area contributed by atoms with Gasteiger partial charge in [-0.15, -0.1) is 0 Å². The highest BCUT2D eigenvalue weighted by Gasteiger charge is 2.12. The molecule has 0 spiro atoms. The summed E-state index contributed by atoms with van der Waals surface area (Å²) in [6.07, 6.45) is 5.47. The predicted molar refractivity (Wildman–Crippen MR) is 82.6 cm³/mol. The van der Waals surface area contributed by atoms with E-state index in [0.717, 1.165) is 42.8 Å². The van der Waals surface area contributed by atoms with Gasteiger partial charge in [0.05, 0.1) is 10.0 Å². The fourth-order valence-corrected chi connectivity index (χ4v) is 2.26. The molecule has 0 saturated heterocycles. The first-order valence-electron chi connectivity index (χ1n) is 6.40. The summed E-state index contributed by atoms with van der Waals surface area (Å²) in [6.45, 7) is 2.89. The second-order valence-electron chi connectivity index (χ2n) is 4.50. The summed E-state index contributed by atoms with van der Waals surface area (Å²) < 4.78 is 2.10. The summed E-state index contributed by atoms with van der Waals surface area (Å²) in [7, 11) is 0. The Bertz CT molecular complexity index is 594. The maximum absolute atomic E-state index is 5.96. The Kier molecular flexibility index (Phi) is 4.71. The molecule has 0 unspecified atom stereocenters. The van der Waals surface area contributed by atoms with Crippen LogP contribution in [0.2, 0.25) is 5.02 Å². The van der Waals surface area contributed by atoms with Crippen molar-refractivity contribution in [1.82, 2.24) is 14.5 Å². The zero-order valence-corrected chi connectivity index (χ0v) is 12.5. The molecule has 2 rings (SSSR count). The molecule has 6 heteroatoms. The van der Waals surface area contributed by atoms with Crippen molar-refractivity contribution in [2.75, 3.05) is 0 Å². The molecular formula is C13H17ClN4S.